The summed E-state index contributed by atoms with van der Waals surface area (Å²) < 4.78 is 1.58. The molecular formula is C19H13N7OS. The first-order chi connectivity index (χ1) is 13.7. The standard InChI is InChI=1S/C19H13N7OS/c1-12-5-4-6-13(23-12)17-15(9-20)28-19(24-17)25-18(27)14-10-21-11-26(14)16-7-2-3-8-22-16/h2-8,10-11H,1H3,(H,24,25,27). The minimum atomic E-state index is -0.398. The molecule has 4 aromatic heterocycles. The second-order valence-corrected chi connectivity index (χ2v) is 6.76. The Morgan fingerprint density at radius 2 is 2.11 bits per heavy atom. The number of nitrogens with zero attached hydrogens (tertiary/aromatic N) is 6. The topological polar surface area (TPSA) is 109 Å². The number of nitriles is 1. The monoisotopic (exact) mass is 387 g/mol. The lowest BCUT2D eigenvalue weighted by Crippen LogP contribution is -2.16. The van der Waals surface area contributed by atoms with Crippen LogP contribution in [0.2, 0.25) is 0 Å². The zero-order valence-corrected chi connectivity index (χ0v) is 15.5. The van der Waals surface area contributed by atoms with Gasteiger partial charge in [0.15, 0.2) is 5.13 Å². The predicted molar refractivity (Wildman–Crippen MR) is 104 cm³/mol. The number of nitrogens with one attached hydrogen (secondary N) is 1. The molecule has 28 heavy (non-hydrogen) atoms. The molecule has 4 aromatic rings. The van der Waals surface area contributed by atoms with E-state index < -0.39 is 5.91 Å². The molecule has 0 spiro atoms. The quantitative estimate of drug-likeness (QED) is 0.576. The number of thiazole rings is 1. The number of aryl methyl sites for hydroxylation is 1. The van der Waals surface area contributed by atoms with Gasteiger partial charge in [0.05, 0.1) is 11.9 Å². The highest BCUT2D eigenvalue weighted by molar-refractivity contribution is 7.16. The van der Waals surface area contributed by atoms with Crippen molar-refractivity contribution >= 4 is 22.4 Å². The van der Waals surface area contributed by atoms with Crippen molar-refractivity contribution in [3.63, 3.8) is 0 Å². The van der Waals surface area contributed by atoms with E-state index in [4.69, 9.17) is 0 Å². The maximum atomic E-state index is 12.7. The summed E-state index contributed by atoms with van der Waals surface area (Å²) in [6, 6.07) is 13.0. The molecule has 0 aliphatic heterocycles. The summed E-state index contributed by atoms with van der Waals surface area (Å²) in [5, 5.41) is 12.5. The van der Waals surface area contributed by atoms with Gasteiger partial charge in [-0.15, -0.1) is 0 Å². The number of pyridine rings is 2. The predicted octanol–water partition coefficient (Wildman–Crippen LogP) is 3.22. The van der Waals surface area contributed by atoms with Crippen LogP contribution in [-0.2, 0) is 0 Å². The highest BCUT2D eigenvalue weighted by Gasteiger charge is 2.19. The zero-order valence-electron chi connectivity index (χ0n) is 14.7. The molecule has 0 atom stereocenters. The molecule has 136 valence electrons. The SMILES string of the molecule is Cc1cccc(-c2nc(NC(=O)c3cncn3-c3ccccn3)sc2C#N)n1. The summed E-state index contributed by atoms with van der Waals surface area (Å²) in [7, 11) is 0. The van der Waals surface area contributed by atoms with Gasteiger partial charge < -0.3 is 0 Å². The van der Waals surface area contributed by atoms with Gasteiger partial charge in [-0.05, 0) is 31.2 Å². The number of carbonyl (C=O) groups excluding carboxylic acids is 1. The van der Waals surface area contributed by atoms with Crippen LogP contribution in [-0.4, -0.2) is 30.4 Å². The molecular weight excluding hydrogens is 374 g/mol. The molecule has 1 N–H and O–H groups in total. The van der Waals surface area contributed by atoms with Crippen molar-refractivity contribution in [1.29, 1.82) is 5.26 Å². The summed E-state index contributed by atoms with van der Waals surface area (Å²) in [6.45, 7) is 1.86. The number of imidazole rings is 1. The summed E-state index contributed by atoms with van der Waals surface area (Å²) in [6.07, 6.45) is 4.60. The van der Waals surface area contributed by atoms with E-state index in [1.54, 1.807) is 29.0 Å². The molecule has 0 fully saturated rings. The van der Waals surface area contributed by atoms with Crippen LogP contribution in [0.3, 0.4) is 0 Å². The minimum absolute atomic E-state index is 0.308. The molecule has 0 saturated carbocycles. The van der Waals surface area contributed by atoms with Crippen molar-refractivity contribution in [1.82, 2.24) is 24.5 Å². The van der Waals surface area contributed by atoms with E-state index in [-0.39, 0.29) is 0 Å². The number of anilines is 1. The van der Waals surface area contributed by atoms with E-state index in [0.29, 0.717) is 32.9 Å². The highest BCUT2D eigenvalue weighted by atomic mass is 32.1. The first-order valence-electron chi connectivity index (χ1n) is 8.26. The fourth-order valence-corrected chi connectivity index (χ4v) is 3.37. The molecule has 4 heterocycles. The van der Waals surface area contributed by atoms with Crippen LogP contribution in [0.25, 0.3) is 17.2 Å². The van der Waals surface area contributed by atoms with Gasteiger partial charge in [-0.1, -0.05) is 23.5 Å². The average Bonchev–Trinajstić information content (AvgIpc) is 3.35. The lowest BCUT2D eigenvalue weighted by molar-refractivity contribution is 0.102. The Kier molecular flexibility index (Phi) is 4.62. The number of amides is 1. The first-order valence-corrected chi connectivity index (χ1v) is 9.07. The second-order valence-electron chi connectivity index (χ2n) is 5.76. The Morgan fingerprint density at radius 1 is 1.21 bits per heavy atom. The van der Waals surface area contributed by atoms with Crippen LogP contribution in [0.1, 0.15) is 21.1 Å². The summed E-state index contributed by atoms with van der Waals surface area (Å²) in [5.74, 6) is 0.178. The van der Waals surface area contributed by atoms with Crippen LogP contribution < -0.4 is 5.32 Å². The van der Waals surface area contributed by atoms with Crippen molar-refractivity contribution in [3.8, 4) is 23.3 Å². The number of hydrogen-bond acceptors (Lipinski definition) is 7. The zero-order chi connectivity index (χ0) is 19.5. The van der Waals surface area contributed by atoms with Crippen LogP contribution in [0, 0.1) is 18.3 Å². The minimum Gasteiger partial charge on any atom is -0.296 e. The largest absolute Gasteiger partial charge is 0.296 e. The van der Waals surface area contributed by atoms with Crippen molar-refractivity contribution in [3.05, 3.63) is 71.4 Å². The number of aromatic nitrogens is 5. The van der Waals surface area contributed by atoms with Gasteiger partial charge in [0.2, 0.25) is 0 Å². The van der Waals surface area contributed by atoms with Gasteiger partial charge in [0.1, 0.15) is 34.5 Å². The molecule has 0 bridgehead atoms. The van der Waals surface area contributed by atoms with Crippen molar-refractivity contribution in [2.75, 3.05) is 5.32 Å². The van der Waals surface area contributed by atoms with Crippen molar-refractivity contribution in [2.24, 2.45) is 0 Å². The third-order valence-electron chi connectivity index (χ3n) is 3.85. The fourth-order valence-electron chi connectivity index (χ4n) is 2.60. The van der Waals surface area contributed by atoms with E-state index in [1.807, 2.05) is 25.1 Å². The van der Waals surface area contributed by atoms with E-state index in [0.717, 1.165) is 17.0 Å². The second kappa shape index (κ2) is 7.38. The van der Waals surface area contributed by atoms with E-state index in [2.05, 4.69) is 31.3 Å². The normalized spacial score (nSPS) is 10.4. The smallest absolute Gasteiger partial charge is 0.276 e. The van der Waals surface area contributed by atoms with Crippen LogP contribution in [0.4, 0.5) is 5.13 Å². The van der Waals surface area contributed by atoms with E-state index in [9.17, 15) is 10.1 Å². The van der Waals surface area contributed by atoms with Crippen LogP contribution in [0.15, 0.2) is 55.1 Å². The third kappa shape index (κ3) is 3.36. The van der Waals surface area contributed by atoms with Gasteiger partial charge in [-0.25, -0.2) is 15.0 Å². The number of carbonyl (C=O) groups is 1. The summed E-state index contributed by atoms with van der Waals surface area (Å²) in [4.78, 5) is 30.2. The Bertz CT molecular complexity index is 1190. The fraction of sp³-hybridized carbons (Fsp3) is 0.0526. The van der Waals surface area contributed by atoms with E-state index >= 15 is 0 Å². The average molecular weight is 387 g/mol. The van der Waals surface area contributed by atoms with Crippen molar-refractivity contribution < 1.29 is 4.79 Å². The Hall–Kier alpha value is -3.90. The molecule has 0 radical (unpaired) electrons. The van der Waals surface area contributed by atoms with Gasteiger partial charge >= 0.3 is 0 Å². The maximum absolute atomic E-state index is 12.7. The number of rotatable bonds is 4. The lowest BCUT2D eigenvalue weighted by Gasteiger charge is -2.06. The first kappa shape index (κ1) is 17.5. The number of hydrogen-bond donors (Lipinski definition) is 1. The Labute approximate surface area is 164 Å². The van der Waals surface area contributed by atoms with Gasteiger partial charge in [-0.2, -0.15) is 5.26 Å². The molecule has 0 saturated heterocycles. The molecule has 0 aliphatic rings. The maximum Gasteiger partial charge on any atom is 0.276 e. The molecule has 9 heteroatoms. The highest BCUT2D eigenvalue weighted by Crippen LogP contribution is 2.30. The van der Waals surface area contributed by atoms with Gasteiger partial charge in [0, 0.05) is 11.9 Å². The molecule has 0 aliphatic carbocycles. The third-order valence-corrected chi connectivity index (χ3v) is 4.72. The van der Waals surface area contributed by atoms with Gasteiger partial charge in [0.25, 0.3) is 5.91 Å². The molecule has 0 aromatic carbocycles. The Balaban J connectivity index is 1.64. The molecule has 8 nitrogen and oxygen atoms in total. The molecule has 4 rings (SSSR count). The Morgan fingerprint density at radius 3 is 2.86 bits per heavy atom. The van der Waals surface area contributed by atoms with E-state index in [1.165, 1.54) is 12.5 Å². The van der Waals surface area contributed by atoms with Crippen LogP contribution in [0.5, 0.6) is 0 Å². The van der Waals surface area contributed by atoms with Crippen molar-refractivity contribution in [2.45, 2.75) is 6.92 Å². The molecule has 0 unspecified atom stereocenters. The lowest BCUT2D eigenvalue weighted by atomic mass is 10.2. The van der Waals surface area contributed by atoms with Crippen LogP contribution >= 0.6 is 11.3 Å². The van der Waals surface area contributed by atoms with Gasteiger partial charge in [-0.3, -0.25) is 19.7 Å². The summed E-state index contributed by atoms with van der Waals surface area (Å²) >= 11 is 1.10. The molecule has 1 amide bonds. The summed E-state index contributed by atoms with van der Waals surface area (Å²) in [5.41, 5.74) is 2.17.